The Balaban J connectivity index is 2.37. The molecular weight excluding hydrogens is 196 g/mol. The molecule has 72 valence electrons. The third-order valence-corrected chi connectivity index (χ3v) is 2.68. The summed E-state index contributed by atoms with van der Waals surface area (Å²) in [5.41, 5.74) is 4.06. The summed E-state index contributed by atoms with van der Waals surface area (Å²) in [6, 6.07) is 3.68. The van der Waals surface area contributed by atoms with Gasteiger partial charge < -0.3 is 5.11 Å². The topological polar surface area (TPSA) is 46.0 Å². The quantitative estimate of drug-likeness (QED) is 0.816. The average Bonchev–Trinajstić information content (AvgIpc) is 2.70. The van der Waals surface area contributed by atoms with Gasteiger partial charge in [0.2, 0.25) is 0 Å². The summed E-state index contributed by atoms with van der Waals surface area (Å²) in [5.74, 6) is 0. The van der Waals surface area contributed by atoms with Crippen LogP contribution in [0.4, 0.5) is 0 Å². The molecule has 0 aliphatic heterocycles. The molecule has 0 amide bonds. The van der Waals surface area contributed by atoms with Crippen LogP contribution in [0, 0.1) is 6.92 Å². The van der Waals surface area contributed by atoms with Crippen molar-refractivity contribution in [2.75, 3.05) is 0 Å². The fraction of sp³-hybridized carbons (Fsp3) is 0.200. The highest BCUT2D eigenvalue weighted by Crippen LogP contribution is 2.22. The Kier molecular flexibility index (Phi) is 2.56. The summed E-state index contributed by atoms with van der Waals surface area (Å²) in [4.78, 5) is 8.20. The lowest BCUT2D eigenvalue weighted by Crippen LogP contribution is -2.03. The highest BCUT2D eigenvalue weighted by Gasteiger charge is 2.14. The van der Waals surface area contributed by atoms with E-state index in [1.54, 1.807) is 11.7 Å². The fourth-order valence-corrected chi connectivity index (χ4v) is 1.87. The molecule has 0 bridgehead atoms. The highest BCUT2D eigenvalue weighted by atomic mass is 32.1. The molecular formula is C10H10N2OS. The fourth-order valence-electron chi connectivity index (χ4n) is 1.30. The molecule has 0 spiro atoms. The third kappa shape index (κ3) is 1.66. The maximum absolute atomic E-state index is 9.97. The van der Waals surface area contributed by atoms with E-state index in [4.69, 9.17) is 0 Å². The van der Waals surface area contributed by atoms with Crippen LogP contribution in [0.15, 0.2) is 29.2 Å². The Hall–Kier alpha value is -1.26. The molecule has 0 radical (unpaired) electrons. The molecule has 0 saturated carbocycles. The average molecular weight is 206 g/mol. The summed E-state index contributed by atoms with van der Waals surface area (Å²) in [6.45, 7) is 1.88. The third-order valence-electron chi connectivity index (χ3n) is 2.07. The largest absolute Gasteiger partial charge is 0.382 e. The lowest BCUT2D eigenvalue weighted by atomic mass is 10.1. The number of rotatable bonds is 2. The minimum absolute atomic E-state index is 0.657. The lowest BCUT2D eigenvalue weighted by Gasteiger charge is -2.09. The van der Waals surface area contributed by atoms with Crippen molar-refractivity contribution in [1.29, 1.82) is 0 Å². The molecule has 1 atom stereocenters. The molecule has 4 heteroatoms. The zero-order valence-electron chi connectivity index (χ0n) is 7.71. The molecule has 0 aromatic carbocycles. The van der Waals surface area contributed by atoms with Gasteiger partial charge in [-0.1, -0.05) is 6.07 Å². The van der Waals surface area contributed by atoms with Crippen LogP contribution in [-0.4, -0.2) is 15.1 Å². The maximum atomic E-state index is 9.97. The van der Waals surface area contributed by atoms with Crippen LogP contribution in [0.25, 0.3) is 0 Å². The Morgan fingerprint density at radius 1 is 1.43 bits per heavy atom. The monoisotopic (exact) mass is 206 g/mol. The zero-order chi connectivity index (χ0) is 9.97. The van der Waals surface area contributed by atoms with Gasteiger partial charge in [-0.3, -0.25) is 4.98 Å². The zero-order valence-corrected chi connectivity index (χ0v) is 8.53. The first-order chi connectivity index (χ1) is 6.79. The number of aromatic nitrogens is 2. The molecule has 2 aromatic rings. The van der Waals surface area contributed by atoms with Crippen molar-refractivity contribution in [1.82, 2.24) is 9.97 Å². The summed E-state index contributed by atoms with van der Waals surface area (Å²) in [5, 5.41) is 11.8. The first-order valence-corrected chi connectivity index (χ1v) is 5.21. The normalized spacial score (nSPS) is 12.7. The Morgan fingerprint density at radius 2 is 2.29 bits per heavy atom. The van der Waals surface area contributed by atoms with E-state index in [2.05, 4.69) is 9.97 Å². The van der Waals surface area contributed by atoms with E-state index >= 15 is 0 Å². The molecule has 0 aliphatic rings. The smallest absolute Gasteiger partial charge is 0.124 e. The van der Waals surface area contributed by atoms with E-state index in [1.165, 1.54) is 11.3 Å². The van der Waals surface area contributed by atoms with E-state index < -0.39 is 6.10 Å². The molecule has 0 fully saturated rings. The van der Waals surface area contributed by atoms with E-state index in [0.29, 0.717) is 5.69 Å². The van der Waals surface area contributed by atoms with Crippen molar-refractivity contribution in [2.24, 2.45) is 0 Å². The molecule has 2 aromatic heterocycles. The van der Waals surface area contributed by atoms with Gasteiger partial charge in [0.25, 0.3) is 0 Å². The number of aryl methyl sites for hydroxylation is 1. The lowest BCUT2D eigenvalue weighted by molar-refractivity contribution is 0.215. The standard InChI is InChI=1S/C10H10N2OS/c1-7-8(3-2-4-11-7)10(13)9-5-14-6-12-9/h2-6,10,13H,1H3. The molecule has 2 heterocycles. The number of aliphatic hydroxyl groups is 1. The molecule has 0 aliphatic carbocycles. The Labute approximate surface area is 86.1 Å². The van der Waals surface area contributed by atoms with Crippen LogP contribution in [0.5, 0.6) is 0 Å². The van der Waals surface area contributed by atoms with Gasteiger partial charge in [-0.05, 0) is 13.0 Å². The summed E-state index contributed by atoms with van der Waals surface area (Å²) < 4.78 is 0. The second-order valence-corrected chi connectivity index (χ2v) is 3.71. The van der Waals surface area contributed by atoms with Gasteiger partial charge in [-0.15, -0.1) is 11.3 Å². The van der Waals surface area contributed by atoms with Crippen LogP contribution < -0.4 is 0 Å². The predicted octanol–water partition coefficient (Wildman–Crippen LogP) is 1.93. The number of nitrogens with zero attached hydrogens (tertiary/aromatic N) is 2. The van der Waals surface area contributed by atoms with Crippen molar-refractivity contribution in [2.45, 2.75) is 13.0 Å². The van der Waals surface area contributed by atoms with Gasteiger partial charge in [-0.25, -0.2) is 4.98 Å². The number of thiazole rings is 1. The molecule has 2 rings (SSSR count). The van der Waals surface area contributed by atoms with Gasteiger partial charge in [0.05, 0.1) is 11.2 Å². The minimum atomic E-state index is -0.657. The SMILES string of the molecule is Cc1ncccc1C(O)c1cscn1. The first kappa shape index (κ1) is 9.30. The van der Waals surface area contributed by atoms with E-state index in [9.17, 15) is 5.11 Å². The van der Waals surface area contributed by atoms with Crippen LogP contribution in [0.3, 0.4) is 0 Å². The van der Waals surface area contributed by atoms with Crippen molar-refractivity contribution >= 4 is 11.3 Å². The number of pyridine rings is 1. The number of hydrogen-bond acceptors (Lipinski definition) is 4. The maximum Gasteiger partial charge on any atom is 0.124 e. The van der Waals surface area contributed by atoms with Gasteiger partial charge in [0.1, 0.15) is 6.10 Å². The van der Waals surface area contributed by atoms with Crippen molar-refractivity contribution in [3.8, 4) is 0 Å². The first-order valence-electron chi connectivity index (χ1n) is 4.26. The van der Waals surface area contributed by atoms with Crippen LogP contribution in [0.1, 0.15) is 23.1 Å². The van der Waals surface area contributed by atoms with E-state index in [-0.39, 0.29) is 0 Å². The minimum Gasteiger partial charge on any atom is -0.382 e. The van der Waals surface area contributed by atoms with Gasteiger partial charge in [0.15, 0.2) is 0 Å². The second-order valence-electron chi connectivity index (χ2n) is 2.99. The van der Waals surface area contributed by atoms with Crippen molar-refractivity contribution in [3.63, 3.8) is 0 Å². The van der Waals surface area contributed by atoms with Gasteiger partial charge >= 0.3 is 0 Å². The summed E-state index contributed by atoms with van der Waals surface area (Å²) >= 11 is 1.48. The summed E-state index contributed by atoms with van der Waals surface area (Å²) in [7, 11) is 0. The molecule has 3 nitrogen and oxygen atoms in total. The van der Waals surface area contributed by atoms with E-state index in [0.717, 1.165) is 11.3 Å². The van der Waals surface area contributed by atoms with Crippen LogP contribution >= 0.6 is 11.3 Å². The van der Waals surface area contributed by atoms with Crippen LogP contribution in [-0.2, 0) is 0 Å². The highest BCUT2D eigenvalue weighted by molar-refractivity contribution is 7.07. The summed E-state index contributed by atoms with van der Waals surface area (Å²) in [6.07, 6.45) is 1.06. The van der Waals surface area contributed by atoms with Crippen molar-refractivity contribution in [3.05, 3.63) is 46.2 Å². The molecule has 1 N–H and O–H groups in total. The molecule has 14 heavy (non-hydrogen) atoms. The van der Waals surface area contributed by atoms with Crippen LogP contribution in [0.2, 0.25) is 0 Å². The Morgan fingerprint density at radius 3 is 2.93 bits per heavy atom. The van der Waals surface area contributed by atoms with E-state index in [1.807, 2.05) is 24.4 Å². The molecule has 1 unspecified atom stereocenters. The predicted molar refractivity (Wildman–Crippen MR) is 55.1 cm³/mol. The number of aliphatic hydroxyl groups excluding tert-OH is 1. The second kappa shape index (κ2) is 3.86. The van der Waals surface area contributed by atoms with Gasteiger partial charge in [-0.2, -0.15) is 0 Å². The van der Waals surface area contributed by atoms with Crippen molar-refractivity contribution < 1.29 is 5.11 Å². The Bertz CT molecular complexity index is 414. The van der Waals surface area contributed by atoms with Gasteiger partial charge in [0, 0.05) is 22.8 Å². The number of hydrogen-bond donors (Lipinski definition) is 1. The molecule has 0 saturated heterocycles.